The van der Waals surface area contributed by atoms with Gasteiger partial charge in [-0.15, -0.1) is 0 Å². The molecule has 114 valence electrons. The number of aliphatic hydroxyl groups is 1. The Bertz CT molecular complexity index is 391. The number of hydrogen-bond donors (Lipinski definition) is 2. The van der Waals surface area contributed by atoms with Crippen molar-refractivity contribution in [1.29, 1.82) is 0 Å². The van der Waals surface area contributed by atoms with Crippen molar-refractivity contribution < 1.29 is 19.4 Å². The molecule has 0 aliphatic carbocycles. The van der Waals surface area contributed by atoms with E-state index in [0.717, 1.165) is 6.42 Å². The molecule has 0 saturated carbocycles. The molecule has 0 aromatic carbocycles. The molecule has 0 aromatic rings. The van der Waals surface area contributed by atoms with Gasteiger partial charge >= 0.3 is 6.09 Å². The topological polar surface area (TPSA) is 78.9 Å². The second-order valence-corrected chi connectivity index (χ2v) is 6.53. The first kappa shape index (κ1) is 15.1. The molecule has 2 aliphatic rings. The SMILES string of the molecule is CC(C)CC(C)OC(=O)N1CC2(CC(O)CNC2=O)C1. The van der Waals surface area contributed by atoms with E-state index in [1.165, 1.54) is 4.90 Å². The quantitative estimate of drug-likeness (QED) is 0.801. The van der Waals surface area contributed by atoms with E-state index in [2.05, 4.69) is 19.2 Å². The number of hydrogen-bond acceptors (Lipinski definition) is 4. The normalized spacial score (nSPS) is 26.1. The highest BCUT2D eigenvalue weighted by molar-refractivity contribution is 5.87. The highest BCUT2D eigenvalue weighted by atomic mass is 16.6. The van der Waals surface area contributed by atoms with E-state index in [-0.39, 0.29) is 18.1 Å². The average Bonchev–Trinajstić information content (AvgIpc) is 2.27. The van der Waals surface area contributed by atoms with Crippen LogP contribution in [0.4, 0.5) is 4.79 Å². The van der Waals surface area contributed by atoms with Gasteiger partial charge < -0.3 is 20.1 Å². The zero-order valence-electron chi connectivity index (χ0n) is 12.4. The van der Waals surface area contributed by atoms with E-state index < -0.39 is 11.5 Å². The van der Waals surface area contributed by atoms with Crippen molar-refractivity contribution >= 4 is 12.0 Å². The summed E-state index contributed by atoms with van der Waals surface area (Å²) < 4.78 is 5.35. The monoisotopic (exact) mass is 284 g/mol. The number of nitrogens with zero attached hydrogens (tertiary/aromatic N) is 1. The van der Waals surface area contributed by atoms with Crippen LogP contribution >= 0.6 is 0 Å². The molecule has 2 unspecified atom stereocenters. The second-order valence-electron chi connectivity index (χ2n) is 6.53. The molecule has 2 rings (SSSR count). The maximum atomic E-state index is 11.9. The molecule has 2 N–H and O–H groups in total. The van der Waals surface area contributed by atoms with Gasteiger partial charge in [0.05, 0.1) is 11.5 Å². The maximum absolute atomic E-state index is 11.9. The summed E-state index contributed by atoms with van der Waals surface area (Å²) in [7, 11) is 0. The van der Waals surface area contributed by atoms with Crippen LogP contribution in [0.25, 0.3) is 0 Å². The average molecular weight is 284 g/mol. The van der Waals surface area contributed by atoms with Crippen LogP contribution in [0.3, 0.4) is 0 Å². The molecule has 2 fully saturated rings. The Kier molecular flexibility index (Phi) is 4.22. The zero-order chi connectivity index (χ0) is 14.9. The Morgan fingerprint density at radius 3 is 2.75 bits per heavy atom. The van der Waals surface area contributed by atoms with Gasteiger partial charge in [0.2, 0.25) is 5.91 Å². The van der Waals surface area contributed by atoms with Crippen LogP contribution in [0.5, 0.6) is 0 Å². The number of likely N-dealkylation sites (tertiary alicyclic amines) is 1. The van der Waals surface area contributed by atoms with Gasteiger partial charge in [-0.05, 0) is 25.7 Å². The van der Waals surface area contributed by atoms with Crippen LogP contribution in [0.15, 0.2) is 0 Å². The summed E-state index contributed by atoms with van der Waals surface area (Å²) in [5, 5.41) is 12.3. The van der Waals surface area contributed by atoms with Crippen molar-refractivity contribution in [3.05, 3.63) is 0 Å². The van der Waals surface area contributed by atoms with Gasteiger partial charge in [-0.1, -0.05) is 13.8 Å². The predicted molar refractivity (Wildman–Crippen MR) is 73.0 cm³/mol. The number of β-amino-alcohol motifs (C(OH)–C–C–N with tert-alkyl or cyclic N) is 1. The minimum absolute atomic E-state index is 0.0675. The van der Waals surface area contributed by atoms with E-state index >= 15 is 0 Å². The number of carbonyl (C=O) groups is 2. The molecule has 0 radical (unpaired) electrons. The molecule has 2 atom stereocenters. The lowest BCUT2D eigenvalue weighted by Crippen LogP contribution is -2.68. The summed E-state index contributed by atoms with van der Waals surface area (Å²) >= 11 is 0. The van der Waals surface area contributed by atoms with Gasteiger partial charge in [0.15, 0.2) is 0 Å². The zero-order valence-corrected chi connectivity index (χ0v) is 12.4. The summed E-state index contributed by atoms with van der Waals surface area (Å²) in [6.07, 6.45) is 0.237. The number of piperidine rings is 1. The van der Waals surface area contributed by atoms with Crippen LogP contribution in [0, 0.1) is 11.3 Å². The number of rotatable bonds is 3. The summed E-state index contributed by atoms with van der Waals surface area (Å²) in [6.45, 7) is 7.01. The van der Waals surface area contributed by atoms with Crippen molar-refractivity contribution in [2.75, 3.05) is 19.6 Å². The number of carbonyl (C=O) groups excluding carboxylic acids is 2. The fourth-order valence-electron chi connectivity index (χ4n) is 3.06. The number of ether oxygens (including phenoxy) is 1. The summed E-state index contributed by atoms with van der Waals surface area (Å²) in [5.74, 6) is 0.405. The molecule has 6 nitrogen and oxygen atoms in total. The molecule has 0 bridgehead atoms. The first-order chi connectivity index (χ1) is 9.32. The van der Waals surface area contributed by atoms with Crippen molar-refractivity contribution in [2.45, 2.75) is 45.8 Å². The molecule has 2 amide bonds. The van der Waals surface area contributed by atoms with Gasteiger partial charge in [-0.25, -0.2) is 4.79 Å². The molecule has 20 heavy (non-hydrogen) atoms. The summed E-state index contributed by atoms with van der Waals surface area (Å²) in [6, 6.07) is 0. The molecular formula is C14H24N2O4. The number of nitrogens with one attached hydrogen (secondary N) is 1. The lowest BCUT2D eigenvalue weighted by Gasteiger charge is -2.50. The minimum atomic E-state index is -0.613. The maximum Gasteiger partial charge on any atom is 0.410 e. The fraction of sp³-hybridized carbons (Fsp3) is 0.857. The lowest BCUT2D eigenvalue weighted by molar-refractivity contribution is -0.149. The molecule has 2 heterocycles. The van der Waals surface area contributed by atoms with Gasteiger partial charge in [-0.2, -0.15) is 0 Å². The van der Waals surface area contributed by atoms with Crippen LogP contribution < -0.4 is 5.32 Å². The largest absolute Gasteiger partial charge is 0.446 e. The molecule has 0 aromatic heterocycles. The number of amides is 2. The van der Waals surface area contributed by atoms with E-state index in [9.17, 15) is 14.7 Å². The Hall–Kier alpha value is -1.30. The van der Waals surface area contributed by atoms with Gasteiger partial charge in [-0.3, -0.25) is 4.79 Å². The van der Waals surface area contributed by atoms with Crippen LogP contribution in [-0.4, -0.2) is 53.8 Å². The van der Waals surface area contributed by atoms with Crippen molar-refractivity contribution in [3.8, 4) is 0 Å². The highest BCUT2D eigenvalue weighted by Gasteiger charge is 2.54. The van der Waals surface area contributed by atoms with Gasteiger partial charge in [0, 0.05) is 19.6 Å². The standard InChI is InChI=1S/C14H24N2O4/c1-9(2)4-10(3)20-13(19)16-7-14(8-16)5-11(17)6-15-12(14)18/h9-11,17H,4-8H2,1-3H3,(H,15,18). The summed E-state index contributed by atoms with van der Waals surface area (Å²) in [5.41, 5.74) is -0.613. The van der Waals surface area contributed by atoms with Crippen molar-refractivity contribution in [3.63, 3.8) is 0 Å². The lowest BCUT2D eigenvalue weighted by atomic mass is 9.72. The first-order valence-corrected chi connectivity index (χ1v) is 7.24. The van der Waals surface area contributed by atoms with Crippen molar-refractivity contribution in [2.24, 2.45) is 11.3 Å². The third-order valence-electron chi connectivity index (χ3n) is 3.96. The van der Waals surface area contributed by atoms with Crippen LogP contribution in [0.1, 0.15) is 33.6 Å². The van der Waals surface area contributed by atoms with E-state index in [1.54, 1.807) is 0 Å². The van der Waals surface area contributed by atoms with E-state index in [1.807, 2.05) is 6.92 Å². The minimum Gasteiger partial charge on any atom is -0.446 e. The fourth-order valence-corrected chi connectivity index (χ4v) is 3.06. The molecule has 1 spiro atoms. The third-order valence-corrected chi connectivity index (χ3v) is 3.96. The van der Waals surface area contributed by atoms with Gasteiger partial charge in [0.25, 0.3) is 0 Å². The molecular weight excluding hydrogens is 260 g/mol. The smallest absolute Gasteiger partial charge is 0.410 e. The summed E-state index contributed by atoms with van der Waals surface area (Å²) in [4.78, 5) is 25.4. The molecule has 2 aliphatic heterocycles. The third kappa shape index (κ3) is 3.06. The van der Waals surface area contributed by atoms with E-state index in [0.29, 0.717) is 32.0 Å². The highest BCUT2D eigenvalue weighted by Crippen LogP contribution is 2.37. The van der Waals surface area contributed by atoms with Gasteiger partial charge in [0.1, 0.15) is 6.10 Å². The second kappa shape index (κ2) is 5.60. The Morgan fingerprint density at radius 2 is 2.15 bits per heavy atom. The first-order valence-electron chi connectivity index (χ1n) is 7.24. The Labute approximate surface area is 119 Å². The molecule has 6 heteroatoms. The Balaban J connectivity index is 1.83. The van der Waals surface area contributed by atoms with Crippen molar-refractivity contribution in [1.82, 2.24) is 10.2 Å². The predicted octanol–water partition coefficient (Wildman–Crippen LogP) is 0.740. The van der Waals surface area contributed by atoms with E-state index in [4.69, 9.17) is 4.74 Å². The Morgan fingerprint density at radius 1 is 1.50 bits per heavy atom. The molecule has 2 saturated heterocycles. The van der Waals surface area contributed by atoms with Crippen LogP contribution in [-0.2, 0) is 9.53 Å². The van der Waals surface area contributed by atoms with Crippen LogP contribution in [0.2, 0.25) is 0 Å². The number of aliphatic hydroxyl groups excluding tert-OH is 1.